The summed E-state index contributed by atoms with van der Waals surface area (Å²) in [6.07, 6.45) is 5.73. The molecule has 88 valence electrons. The highest BCUT2D eigenvalue weighted by molar-refractivity contribution is 5.34. The van der Waals surface area contributed by atoms with Crippen molar-refractivity contribution < 1.29 is 0 Å². The highest BCUT2D eigenvalue weighted by Crippen LogP contribution is 2.33. The van der Waals surface area contributed by atoms with Crippen LogP contribution < -0.4 is 0 Å². The number of fused-ring (bicyclic) bond motifs is 1. The highest BCUT2D eigenvalue weighted by atomic mass is 14.7. The first-order valence-corrected chi connectivity index (χ1v) is 6.56. The third kappa shape index (κ3) is 2.14. The predicted molar refractivity (Wildman–Crippen MR) is 68.7 cm³/mol. The SMILES string of the molecule is CC(C)c1ccnc2c1CC(C(C)C)CC2. The number of aryl methyl sites for hydroxylation is 1. The Hall–Kier alpha value is -0.850. The molecule has 0 N–H and O–H groups in total. The molecule has 0 fully saturated rings. The van der Waals surface area contributed by atoms with Gasteiger partial charge in [0, 0.05) is 11.9 Å². The van der Waals surface area contributed by atoms with Crippen LogP contribution in [0.3, 0.4) is 0 Å². The van der Waals surface area contributed by atoms with E-state index in [0.717, 1.165) is 11.8 Å². The van der Waals surface area contributed by atoms with Gasteiger partial charge in [0.1, 0.15) is 0 Å². The Balaban J connectivity index is 2.34. The molecule has 16 heavy (non-hydrogen) atoms. The van der Waals surface area contributed by atoms with Gasteiger partial charge in [0.2, 0.25) is 0 Å². The van der Waals surface area contributed by atoms with Crippen LogP contribution in [0.5, 0.6) is 0 Å². The molecule has 0 spiro atoms. The van der Waals surface area contributed by atoms with Gasteiger partial charge >= 0.3 is 0 Å². The van der Waals surface area contributed by atoms with Crippen molar-refractivity contribution in [2.45, 2.75) is 52.9 Å². The average molecular weight is 217 g/mol. The van der Waals surface area contributed by atoms with Crippen LogP contribution in [0.15, 0.2) is 12.3 Å². The van der Waals surface area contributed by atoms with E-state index in [2.05, 4.69) is 38.7 Å². The molecule has 0 bridgehead atoms. The summed E-state index contributed by atoms with van der Waals surface area (Å²) in [5, 5.41) is 0. The molecule has 1 heterocycles. The molecular formula is C15H23N. The molecule has 0 radical (unpaired) electrons. The zero-order valence-electron chi connectivity index (χ0n) is 11.0. The Kier molecular flexibility index (Phi) is 3.32. The van der Waals surface area contributed by atoms with Gasteiger partial charge in [-0.15, -0.1) is 0 Å². The third-order valence-corrected chi connectivity index (χ3v) is 3.96. The maximum Gasteiger partial charge on any atom is 0.0438 e. The van der Waals surface area contributed by atoms with Crippen molar-refractivity contribution in [3.63, 3.8) is 0 Å². The molecule has 1 nitrogen and oxygen atoms in total. The number of aromatic nitrogens is 1. The highest BCUT2D eigenvalue weighted by Gasteiger charge is 2.24. The van der Waals surface area contributed by atoms with Gasteiger partial charge in [-0.3, -0.25) is 4.98 Å². The van der Waals surface area contributed by atoms with E-state index in [9.17, 15) is 0 Å². The van der Waals surface area contributed by atoms with Gasteiger partial charge in [-0.1, -0.05) is 27.7 Å². The molecule has 0 aliphatic heterocycles. The minimum Gasteiger partial charge on any atom is -0.261 e. The van der Waals surface area contributed by atoms with Crippen LogP contribution in [0.4, 0.5) is 0 Å². The molecule has 1 unspecified atom stereocenters. The van der Waals surface area contributed by atoms with Crippen molar-refractivity contribution in [1.29, 1.82) is 0 Å². The number of nitrogens with zero attached hydrogens (tertiary/aromatic N) is 1. The molecule has 2 rings (SSSR count). The van der Waals surface area contributed by atoms with Crippen LogP contribution >= 0.6 is 0 Å². The van der Waals surface area contributed by atoms with Gasteiger partial charge in [-0.2, -0.15) is 0 Å². The van der Waals surface area contributed by atoms with Gasteiger partial charge < -0.3 is 0 Å². The second-order valence-electron chi connectivity index (χ2n) is 5.73. The summed E-state index contributed by atoms with van der Waals surface area (Å²) in [5.41, 5.74) is 4.45. The maximum absolute atomic E-state index is 4.56. The largest absolute Gasteiger partial charge is 0.261 e. The van der Waals surface area contributed by atoms with Crippen LogP contribution in [0, 0.1) is 11.8 Å². The van der Waals surface area contributed by atoms with Gasteiger partial charge in [0.05, 0.1) is 0 Å². The van der Waals surface area contributed by atoms with Gasteiger partial charge in [-0.05, 0) is 54.2 Å². The summed E-state index contributed by atoms with van der Waals surface area (Å²) in [6, 6.07) is 2.21. The van der Waals surface area contributed by atoms with E-state index in [4.69, 9.17) is 0 Å². The molecule has 0 saturated carbocycles. The zero-order chi connectivity index (χ0) is 11.7. The Morgan fingerprint density at radius 2 is 2.00 bits per heavy atom. The fourth-order valence-corrected chi connectivity index (χ4v) is 2.80. The monoisotopic (exact) mass is 217 g/mol. The van der Waals surface area contributed by atoms with Crippen molar-refractivity contribution in [3.8, 4) is 0 Å². The standard InChI is InChI=1S/C15H23N/c1-10(2)12-5-6-15-14(9-12)13(11(3)4)7-8-16-15/h7-8,10-12H,5-6,9H2,1-4H3. The number of hydrogen-bond donors (Lipinski definition) is 0. The van der Waals surface area contributed by atoms with E-state index in [1.54, 1.807) is 5.56 Å². The van der Waals surface area contributed by atoms with E-state index in [-0.39, 0.29) is 0 Å². The van der Waals surface area contributed by atoms with Crippen molar-refractivity contribution in [1.82, 2.24) is 4.98 Å². The Bertz CT molecular complexity index is 366. The third-order valence-electron chi connectivity index (χ3n) is 3.96. The minimum absolute atomic E-state index is 0.627. The lowest BCUT2D eigenvalue weighted by Crippen LogP contribution is -2.21. The first kappa shape index (κ1) is 11.6. The molecule has 1 aromatic heterocycles. The van der Waals surface area contributed by atoms with Crippen LogP contribution in [0.1, 0.15) is 56.9 Å². The van der Waals surface area contributed by atoms with Crippen molar-refractivity contribution in [3.05, 3.63) is 29.1 Å². The summed E-state index contributed by atoms with van der Waals surface area (Å²) >= 11 is 0. The second kappa shape index (κ2) is 4.57. The Morgan fingerprint density at radius 1 is 1.25 bits per heavy atom. The molecule has 1 aliphatic carbocycles. The maximum atomic E-state index is 4.56. The fraction of sp³-hybridized carbons (Fsp3) is 0.667. The minimum atomic E-state index is 0.627. The lowest BCUT2D eigenvalue weighted by molar-refractivity contribution is 0.338. The predicted octanol–water partition coefficient (Wildman–Crippen LogP) is 3.97. The van der Waals surface area contributed by atoms with Crippen LogP contribution in [-0.2, 0) is 12.8 Å². The van der Waals surface area contributed by atoms with E-state index in [0.29, 0.717) is 5.92 Å². The average Bonchev–Trinajstić information content (AvgIpc) is 2.27. The summed E-state index contributed by atoms with van der Waals surface area (Å²) in [7, 11) is 0. The first-order valence-electron chi connectivity index (χ1n) is 6.56. The molecule has 1 aromatic rings. The Labute approximate surface area is 99.3 Å². The molecule has 0 amide bonds. The van der Waals surface area contributed by atoms with E-state index >= 15 is 0 Å². The molecule has 0 saturated heterocycles. The summed E-state index contributed by atoms with van der Waals surface area (Å²) in [5.74, 6) is 2.28. The zero-order valence-corrected chi connectivity index (χ0v) is 11.0. The molecule has 1 atom stereocenters. The molecule has 1 aliphatic rings. The smallest absolute Gasteiger partial charge is 0.0438 e. The first-order chi connectivity index (χ1) is 7.59. The van der Waals surface area contributed by atoms with E-state index in [1.165, 1.54) is 30.5 Å². The van der Waals surface area contributed by atoms with Crippen molar-refractivity contribution in [2.75, 3.05) is 0 Å². The number of hydrogen-bond acceptors (Lipinski definition) is 1. The normalized spacial score (nSPS) is 20.2. The molecular weight excluding hydrogens is 194 g/mol. The van der Waals surface area contributed by atoms with Crippen molar-refractivity contribution in [2.24, 2.45) is 11.8 Å². The lowest BCUT2D eigenvalue weighted by Gasteiger charge is -2.29. The molecule has 1 heteroatoms. The van der Waals surface area contributed by atoms with Gasteiger partial charge in [0.15, 0.2) is 0 Å². The fourth-order valence-electron chi connectivity index (χ4n) is 2.80. The van der Waals surface area contributed by atoms with Crippen LogP contribution in [0.2, 0.25) is 0 Å². The Morgan fingerprint density at radius 3 is 2.62 bits per heavy atom. The van der Waals surface area contributed by atoms with Crippen LogP contribution in [0.25, 0.3) is 0 Å². The second-order valence-corrected chi connectivity index (χ2v) is 5.73. The van der Waals surface area contributed by atoms with Gasteiger partial charge in [0.25, 0.3) is 0 Å². The van der Waals surface area contributed by atoms with E-state index < -0.39 is 0 Å². The van der Waals surface area contributed by atoms with E-state index in [1.807, 2.05) is 6.20 Å². The number of pyridine rings is 1. The van der Waals surface area contributed by atoms with Crippen LogP contribution in [-0.4, -0.2) is 4.98 Å². The summed E-state index contributed by atoms with van der Waals surface area (Å²) in [4.78, 5) is 4.56. The lowest BCUT2D eigenvalue weighted by atomic mass is 9.77. The molecule has 0 aromatic carbocycles. The summed E-state index contributed by atoms with van der Waals surface area (Å²) in [6.45, 7) is 9.27. The summed E-state index contributed by atoms with van der Waals surface area (Å²) < 4.78 is 0. The quantitative estimate of drug-likeness (QED) is 0.730. The van der Waals surface area contributed by atoms with Crippen molar-refractivity contribution >= 4 is 0 Å². The topological polar surface area (TPSA) is 12.9 Å². The van der Waals surface area contributed by atoms with Gasteiger partial charge in [-0.25, -0.2) is 0 Å². The number of rotatable bonds is 2.